The summed E-state index contributed by atoms with van der Waals surface area (Å²) in [4.78, 5) is 28.8. The molecule has 0 aliphatic heterocycles. The predicted octanol–water partition coefficient (Wildman–Crippen LogP) is 2.98. The number of rotatable bonds is 3. The number of nitrogens with zero attached hydrogens (tertiary/aromatic N) is 6. The van der Waals surface area contributed by atoms with Crippen LogP contribution in [0.15, 0.2) is 71.9 Å². The van der Waals surface area contributed by atoms with Gasteiger partial charge >= 0.3 is 0 Å². The molecule has 5 aromatic rings. The lowest BCUT2D eigenvalue weighted by Crippen LogP contribution is -2.11. The Balaban J connectivity index is 1.78. The Morgan fingerprint density at radius 2 is 1.83 bits per heavy atom. The van der Waals surface area contributed by atoms with Gasteiger partial charge in [-0.15, -0.1) is 5.10 Å². The highest BCUT2D eigenvalue weighted by molar-refractivity contribution is 5.93. The van der Waals surface area contributed by atoms with Gasteiger partial charge in [0.05, 0.1) is 17.3 Å². The summed E-state index contributed by atoms with van der Waals surface area (Å²) in [5, 5.41) is 8.14. The minimum absolute atomic E-state index is 0.185. The first-order chi connectivity index (χ1) is 14.2. The Bertz CT molecular complexity index is 1430. The van der Waals surface area contributed by atoms with E-state index in [1.165, 1.54) is 23.0 Å². The Kier molecular flexibility index (Phi) is 3.91. The van der Waals surface area contributed by atoms with Gasteiger partial charge in [0.1, 0.15) is 5.69 Å². The zero-order valence-electron chi connectivity index (χ0n) is 14.8. The van der Waals surface area contributed by atoms with Crippen molar-refractivity contribution in [3.8, 4) is 11.4 Å². The van der Waals surface area contributed by atoms with Crippen molar-refractivity contribution in [3.63, 3.8) is 0 Å². The highest BCUT2D eigenvalue weighted by Gasteiger charge is 2.17. The van der Waals surface area contributed by atoms with Crippen molar-refractivity contribution in [2.45, 2.75) is 0 Å². The third-order valence-corrected chi connectivity index (χ3v) is 4.32. The zero-order chi connectivity index (χ0) is 19.8. The van der Waals surface area contributed by atoms with Gasteiger partial charge < -0.3 is 5.32 Å². The number of halogens is 1. The van der Waals surface area contributed by atoms with E-state index < -0.39 is 11.4 Å². The summed E-state index contributed by atoms with van der Waals surface area (Å²) >= 11 is 0. The molecule has 140 valence electrons. The number of para-hydroxylation sites is 1. The van der Waals surface area contributed by atoms with Gasteiger partial charge in [0, 0.05) is 17.8 Å². The molecule has 0 fully saturated rings. The molecular formula is C20H12FN7O. The predicted molar refractivity (Wildman–Crippen MR) is 105 cm³/mol. The summed E-state index contributed by atoms with van der Waals surface area (Å²) in [7, 11) is 0. The smallest absolute Gasteiger partial charge is 0.293 e. The highest BCUT2D eigenvalue weighted by atomic mass is 19.1. The van der Waals surface area contributed by atoms with E-state index in [1.807, 2.05) is 24.3 Å². The Labute approximate surface area is 162 Å². The number of nitrogens with one attached hydrogen (secondary N) is 1. The van der Waals surface area contributed by atoms with Crippen LogP contribution in [-0.4, -0.2) is 29.5 Å². The van der Waals surface area contributed by atoms with Crippen LogP contribution in [0.1, 0.15) is 0 Å². The van der Waals surface area contributed by atoms with Crippen LogP contribution in [0.3, 0.4) is 0 Å². The van der Waals surface area contributed by atoms with E-state index in [4.69, 9.17) is 0 Å². The van der Waals surface area contributed by atoms with Crippen molar-refractivity contribution in [2.24, 2.45) is 0 Å². The van der Waals surface area contributed by atoms with Crippen molar-refractivity contribution in [1.82, 2.24) is 29.5 Å². The minimum atomic E-state index is -0.531. The van der Waals surface area contributed by atoms with Gasteiger partial charge in [0.15, 0.2) is 17.3 Å². The molecule has 5 rings (SSSR count). The van der Waals surface area contributed by atoms with Gasteiger partial charge in [-0.05, 0) is 30.3 Å². The first-order valence-corrected chi connectivity index (χ1v) is 8.68. The molecule has 29 heavy (non-hydrogen) atoms. The van der Waals surface area contributed by atoms with Crippen molar-refractivity contribution in [2.75, 3.05) is 5.32 Å². The van der Waals surface area contributed by atoms with E-state index in [1.54, 1.807) is 18.2 Å². The average molecular weight is 385 g/mol. The van der Waals surface area contributed by atoms with Crippen LogP contribution in [0.4, 0.5) is 16.0 Å². The third-order valence-electron chi connectivity index (χ3n) is 4.32. The van der Waals surface area contributed by atoms with Gasteiger partial charge in [-0.2, -0.15) is 4.52 Å². The molecule has 4 heterocycles. The summed E-state index contributed by atoms with van der Waals surface area (Å²) in [6, 6.07) is 13.8. The average Bonchev–Trinajstić information content (AvgIpc) is 3.08. The lowest BCUT2D eigenvalue weighted by atomic mass is 10.2. The largest absolute Gasteiger partial charge is 0.319 e. The zero-order valence-corrected chi connectivity index (χ0v) is 14.8. The summed E-state index contributed by atoms with van der Waals surface area (Å²) in [5.74, 6) is -0.0847. The molecular weight excluding hydrogens is 373 g/mol. The number of fused-ring (bicyclic) bond motifs is 3. The van der Waals surface area contributed by atoms with Crippen molar-refractivity contribution in [1.29, 1.82) is 0 Å². The minimum Gasteiger partial charge on any atom is -0.319 e. The highest BCUT2D eigenvalue weighted by Crippen LogP contribution is 2.25. The van der Waals surface area contributed by atoms with E-state index in [0.717, 1.165) is 11.6 Å². The second kappa shape index (κ2) is 6.71. The molecule has 9 heteroatoms. The maximum Gasteiger partial charge on any atom is 0.293 e. The molecule has 0 aliphatic rings. The topological polar surface area (TPSA) is 98.0 Å². The third kappa shape index (κ3) is 2.94. The Hall–Kier alpha value is -4.27. The van der Waals surface area contributed by atoms with Crippen LogP contribution in [0.2, 0.25) is 0 Å². The summed E-state index contributed by atoms with van der Waals surface area (Å²) < 4.78 is 15.7. The molecule has 0 saturated carbocycles. The van der Waals surface area contributed by atoms with Crippen LogP contribution in [0.25, 0.3) is 27.9 Å². The molecule has 0 spiro atoms. The lowest BCUT2D eigenvalue weighted by molar-refractivity contribution is 0.623. The number of aromatic nitrogens is 6. The van der Waals surface area contributed by atoms with Crippen LogP contribution in [-0.2, 0) is 0 Å². The fraction of sp³-hybridized carbons (Fsp3) is 0. The summed E-state index contributed by atoms with van der Waals surface area (Å²) in [6.45, 7) is 0. The lowest BCUT2D eigenvalue weighted by Gasteiger charge is -2.07. The van der Waals surface area contributed by atoms with Crippen molar-refractivity contribution in [3.05, 3.63) is 83.3 Å². The molecule has 4 aromatic heterocycles. The number of hydrogen-bond acceptors (Lipinski definition) is 7. The first kappa shape index (κ1) is 16.9. The first-order valence-electron chi connectivity index (χ1n) is 8.68. The van der Waals surface area contributed by atoms with E-state index in [0.29, 0.717) is 11.2 Å². The standard InChI is InChI=1S/C20H12FN7O/c21-14-11-22-10-8-12(14)17-26-18-13-5-1-2-6-15(13)24-20(28(18)27-17)25-16-7-3-4-9-23-19(16)29/h1-11H,(H,23,24,25,29). The maximum absolute atomic E-state index is 14.2. The molecule has 1 N–H and O–H groups in total. The Morgan fingerprint density at radius 3 is 2.72 bits per heavy atom. The second-order valence-electron chi connectivity index (χ2n) is 6.15. The maximum atomic E-state index is 14.2. The fourth-order valence-corrected chi connectivity index (χ4v) is 2.98. The van der Waals surface area contributed by atoms with Gasteiger partial charge in [-0.1, -0.05) is 18.2 Å². The van der Waals surface area contributed by atoms with E-state index in [-0.39, 0.29) is 23.0 Å². The van der Waals surface area contributed by atoms with Crippen LogP contribution in [0.5, 0.6) is 0 Å². The van der Waals surface area contributed by atoms with Gasteiger partial charge in [-0.25, -0.2) is 19.3 Å². The van der Waals surface area contributed by atoms with Crippen LogP contribution in [0, 0.1) is 5.82 Å². The number of benzene rings is 1. The summed E-state index contributed by atoms with van der Waals surface area (Å²) in [6.07, 6.45) is 3.99. The molecule has 0 amide bonds. The molecule has 0 atom stereocenters. The normalized spacial score (nSPS) is 11.1. The molecule has 0 radical (unpaired) electrons. The Morgan fingerprint density at radius 1 is 0.966 bits per heavy atom. The molecule has 0 saturated heterocycles. The molecule has 8 nitrogen and oxygen atoms in total. The molecule has 0 bridgehead atoms. The number of anilines is 2. The second-order valence-corrected chi connectivity index (χ2v) is 6.15. The van der Waals surface area contributed by atoms with Crippen molar-refractivity contribution >= 4 is 28.2 Å². The van der Waals surface area contributed by atoms with Gasteiger partial charge in [0.25, 0.3) is 5.56 Å². The van der Waals surface area contributed by atoms with Gasteiger partial charge in [-0.3, -0.25) is 9.78 Å². The molecule has 0 unspecified atom stereocenters. The van der Waals surface area contributed by atoms with E-state index >= 15 is 0 Å². The number of hydrogen-bond donors (Lipinski definition) is 1. The molecule has 0 aliphatic carbocycles. The SMILES string of the molecule is O=c1nccccc1Nc1nc2ccccc2c2nc(-c3ccncc3F)nn12. The monoisotopic (exact) mass is 385 g/mol. The van der Waals surface area contributed by atoms with Crippen LogP contribution >= 0.6 is 0 Å². The molecule has 1 aromatic carbocycles. The summed E-state index contributed by atoms with van der Waals surface area (Å²) in [5.41, 5.74) is 1.13. The van der Waals surface area contributed by atoms with Crippen LogP contribution < -0.4 is 10.9 Å². The number of pyridine rings is 1. The van der Waals surface area contributed by atoms with E-state index in [9.17, 15) is 9.18 Å². The van der Waals surface area contributed by atoms with Gasteiger partial charge in [0.2, 0.25) is 5.95 Å². The van der Waals surface area contributed by atoms with E-state index in [2.05, 4.69) is 30.4 Å². The fourth-order valence-electron chi connectivity index (χ4n) is 2.98. The quantitative estimate of drug-likeness (QED) is 0.510. The van der Waals surface area contributed by atoms with Crippen molar-refractivity contribution < 1.29 is 4.39 Å².